The maximum absolute atomic E-state index is 5.82. The van der Waals surface area contributed by atoms with Gasteiger partial charge in [0, 0.05) is 12.2 Å². The Bertz CT molecular complexity index is 274. The summed E-state index contributed by atoms with van der Waals surface area (Å²) in [5.41, 5.74) is 10.8. The summed E-state index contributed by atoms with van der Waals surface area (Å²) in [7, 11) is 0. The summed E-state index contributed by atoms with van der Waals surface area (Å²) in [6.07, 6.45) is 1.11. The van der Waals surface area contributed by atoms with E-state index in [2.05, 4.69) is 24.4 Å². The van der Waals surface area contributed by atoms with E-state index in [9.17, 15) is 0 Å². The van der Waals surface area contributed by atoms with Gasteiger partial charge in [-0.2, -0.15) is 0 Å². The smallest absolute Gasteiger partial charge is 0.0346 e. The number of fused-ring (bicyclic) bond motifs is 1. The Morgan fingerprint density at radius 1 is 1.33 bits per heavy atom. The van der Waals surface area contributed by atoms with Gasteiger partial charge < -0.3 is 11.1 Å². The molecule has 12 heavy (non-hydrogen) atoms. The average molecular weight is 162 g/mol. The molecule has 64 valence electrons. The first kappa shape index (κ1) is 7.62. The molecule has 1 aliphatic rings. The third-order valence-electron chi connectivity index (χ3n) is 2.47. The number of benzene rings is 1. The fourth-order valence-electron chi connectivity index (χ4n) is 1.68. The van der Waals surface area contributed by atoms with Crippen LogP contribution in [-0.2, 0) is 13.0 Å². The Hall–Kier alpha value is -1.02. The largest absolute Gasteiger partial charge is 0.399 e. The Balaban J connectivity index is 2.49. The normalized spacial score (nSPS) is 15.8. The first-order valence-corrected chi connectivity index (χ1v) is 4.36. The van der Waals surface area contributed by atoms with Crippen LogP contribution in [0.3, 0.4) is 0 Å². The van der Waals surface area contributed by atoms with Crippen molar-refractivity contribution in [1.82, 2.24) is 5.32 Å². The second-order valence-electron chi connectivity index (χ2n) is 3.40. The molecule has 0 radical (unpaired) electrons. The highest BCUT2D eigenvalue weighted by Crippen LogP contribution is 2.20. The molecule has 1 aromatic carbocycles. The second kappa shape index (κ2) is 2.79. The minimum absolute atomic E-state index is 0.927. The van der Waals surface area contributed by atoms with Crippen LogP contribution in [0.25, 0.3) is 0 Å². The maximum atomic E-state index is 5.82. The summed E-state index contributed by atoms with van der Waals surface area (Å²) < 4.78 is 0. The SMILES string of the molecule is Cc1cc2c(cc1N)CCNC2. The third-order valence-corrected chi connectivity index (χ3v) is 2.47. The standard InChI is InChI=1S/C10H14N2/c1-7-4-9-6-12-3-2-8(9)5-10(7)11/h4-5,12H,2-3,6,11H2,1H3. The molecule has 0 fully saturated rings. The van der Waals surface area contributed by atoms with Gasteiger partial charge in [-0.3, -0.25) is 0 Å². The van der Waals surface area contributed by atoms with Crippen molar-refractivity contribution in [2.75, 3.05) is 12.3 Å². The number of hydrogen-bond donors (Lipinski definition) is 2. The van der Waals surface area contributed by atoms with Crippen molar-refractivity contribution in [3.8, 4) is 0 Å². The molecular formula is C10H14N2. The number of rotatable bonds is 0. The quantitative estimate of drug-likeness (QED) is 0.563. The molecule has 1 aromatic rings. The first-order valence-electron chi connectivity index (χ1n) is 4.36. The fourth-order valence-corrected chi connectivity index (χ4v) is 1.68. The van der Waals surface area contributed by atoms with E-state index >= 15 is 0 Å². The van der Waals surface area contributed by atoms with Gasteiger partial charge in [0.15, 0.2) is 0 Å². The Morgan fingerprint density at radius 3 is 3.00 bits per heavy atom. The molecule has 0 atom stereocenters. The number of nitrogens with two attached hydrogens (primary N) is 1. The van der Waals surface area contributed by atoms with Gasteiger partial charge in [-0.1, -0.05) is 6.07 Å². The molecular weight excluding hydrogens is 148 g/mol. The van der Waals surface area contributed by atoms with Crippen LogP contribution in [0.1, 0.15) is 16.7 Å². The Morgan fingerprint density at radius 2 is 2.17 bits per heavy atom. The van der Waals surface area contributed by atoms with E-state index in [0.29, 0.717) is 0 Å². The van der Waals surface area contributed by atoms with Crippen LogP contribution >= 0.6 is 0 Å². The van der Waals surface area contributed by atoms with Gasteiger partial charge in [0.1, 0.15) is 0 Å². The molecule has 0 amide bonds. The zero-order valence-electron chi connectivity index (χ0n) is 7.35. The number of nitrogens with one attached hydrogen (secondary N) is 1. The second-order valence-corrected chi connectivity index (χ2v) is 3.40. The van der Waals surface area contributed by atoms with Gasteiger partial charge in [0.05, 0.1) is 0 Å². The summed E-state index contributed by atoms with van der Waals surface area (Å²) in [6.45, 7) is 4.14. The van der Waals surface area contributed by atoms with E-state index in [-0.39, 0.29) is 0 Å². The van der Waals surface area contributed by atoms with Crippen LogP contribution < -0.4 is 11.1 Å². The summed E-state index contributed by atoms with van der Waals surface area (Å²) in [5.74, 6) is 0. The van der Waals surface area contributed by atoms with Gasteiger partial charge in [0.25, 0.3) is 0 Å². The summed E-state index contributed by atoms with van der Waals surface area (Å²) in [6, 6.07) is 4.31. The highest BCUT2D eigenvalue weighted by Gasteiger charge is 2.09. The van der Waals surface area contributed by atoms with E-state index in [1.807, 2.05) is 0 Å². The maximum Gasteiger partial charge on any atom is 0.0346 e. The number of aryl methyl sites for hydroxylation is 1. The van der Waals surface area contributed by atoms with Crippen LogP contribution in [0.5, 0.6) is 0 Å². The molecule has 0 aliphatic carbocycles. The highest BCUT2D eigenvalue weighted by atomic mass is 14.9. The number of anilines is 1. The summed E-state index contributed by atoms with van der Waals surface area (Å²) >= 11 is 0. The topological polar surface area (TPSA) is 38.0 Å². The monoisotopic (exact) mass is 162 g/mol. The lowest BCUT2D eigenvalue weighted by Crippen LogP contribution is -2.23. The van der Waals surface area contributed by atoms with Gasteiger partial charge in [-0.25, -0.2) is 0 Å². The van der Waals surface area contributed by atoms with Crippen molar-refractivity contribution < 1.29 is 0 Å². The van der Waals surface area contributed by atoms with Crippen molar-refractivity contribution in [2.45, 2.75) is 19.9 Å². The molecule has 1 heterocycles. The van der Waals surface area contributed by atoms with E-state index in [1.54, 1.807) is 0 Å². The molecule has 0 saturated heterocycles. The zero-order chi connectivity index (χ0) is 8.55. The predicted octanol–water partition coefficient (Wildman–Crippen LogP) is 1.22. The predicted molar refractivity (Wildman–Crippen MR) is 51.0 cm³/mol. The van der Waals surface area contributed by atoms with Crippen LogP contribution in [0.15, 0.2) is 12.1 Å². The molecule has 0 unspecified atom stereocenters. The Kier molecular flexibility index (Phi) is 1.77. The average Bonchev–Trinajstić information content (AvgIpc) is 2.07. The van der Waals surface area contributed by atoms with Gasteiger partial charge >= 0.3 is 0 Å². The molecule has 2 nitrogen and oxygen atoms in total. The van der Waals surface area contributed by atoms with Crippen molar-refractivity contribution in [1.29, 1.82) is 0 Å². The highest BCUT2D eigenvalue weighted by molar-refractivity contribution is 5.52. The van der Waals surface area contributed by atoms with E-state index in [1.165, 1.54) is 16.7 Å². The van der Waals surface area contributed by atoms with E-state index in [0.717, 1.165) is 25.2 Å². The van der Waals surface area contributed by atoms with E-state index < -0.39 is 0 Å². The van der Waals surface area contributed by atoms with Crippen molar-refractivity contribution in [2.24, 2.45) is 0 Å². The molecule has 2 heteroatoms. The third kappa shape index (κ3) is 1.18. The van der Waals surface area contributed by atoms with Crippen molar-refractivity contribution >= 4 is 5.69 Å². The summed E-state index contributed by atoms with van der Waals surface area (Å²) in [4.78, 5) is 0. The van der Waals surface area contributed by atoms with Crippen LogP contribution in [-0.4, -0.2) is 6.54 Å². The van der Waals surface area contributed by atoms with E-state index in [4.69, 9.17) is 5.73 Å². The van der Waals surface area contributed by atoms with Crippen molar-refractivity contribution in [3.63, 3.8) is 0 Å². The lowest BCUT2D eigenvalue weighted by molar-refractivity contribution is 0.643. The molecule has 3 N–H and O–H groups in total. The molecule has 2 rings (SSSR count). The molecule has 0 aromatic heterocycles. The Labute approximate surface area is 72.8 Å². The number of hydrogen-bond acceptors (Lipinski definition) is 2. The van der Waals surface area contributed by atoms with Crippen LogP contribution in [0.4, 0.5) is 5.69 Å². The van der Waals surface area contributed by atoms with Gasteiger partial charge in [0.2, 0.25) is 0 Å². The minimum Gasteiger partial charge on any atom is -0.399 e. The molecule has 1 aliphatic heterocycles. The first-order chi connectivity index (χ1) is 5.77. The van der Waals surface area contributed by atoms with Gasteiger partial charge in [-0.15, -0.1) is 0 Å². The van der Waals surface area contributed by atoms with Crippen LogP contribution in [0.2, 0.25) is 0 Å². The van der Waals surface area contributed by atoms with Crippen molar-refractivity contribution in [3.05, 3.63) is 28.8 Å². The lowest BCUT2D eigenvalue weighted by Gasteiger charge is -2.18. The molecule has 0 bridgehead atoms. The number of nitrogen functional groups attached to an aromatic ring is 1. The fraction of sp³-hybridized carbons (Fsp3) is 0.400. The molecule has 0 spiro atoms. The zero-order valence-corrected chi connectivity index (χ0v) is 7.35. The van der Waals surface area contributed by atoms with Crippen LogP contribution in [0, 0.1) is 6.92 Å². The summed E-state index contributed by atoms with van der Waals surface area (Å²) in [5, 5.41) is 3.35. The molecule has 0 saturated carbocycles. The minimum atomic E-state index is 0.927. The van der Waals surface area contributed by atoms with Gasteiger partial charge in [-0.05, 0) is 42.6 Å². The lowest BCUT2D eigenvalue weighted by atomic mass is 9.98.